The Morgan fingerprint density at radius 3 is 1.39 bits per heavy atom. The van der Waals surface area contributed by atoms with Crippen molar-refractivity contribution in [3.8, 4) is 0 Å². The Bertz CT molecular complexity index is 639. The van der Waals surface area contributed by atoms with E-state index in [1.54, 1.807) is 6.08 Å². The van der Waals surface area contributed by atoms with Gasteiger partial charge in [0.15, 0.2) is 0 Å². The molecule has 0 saturated carbocycles. The van der Waals surface area contributed by atoms with E-state index in [0.29, 0.717) is 18.4 Å². The number of rotatable bonds is 26. The van der Waals surface area contributed by atoms with Gasteiger partial charge in [-0.3, -0.25) is 0 Å². The molecule has 1 aliphatic heterocycles. The molecule has 0 aliphatic carbocycles. The molecule has 1 heterocycles. The molecule has 36 heavy (non-hydrogen) atoms. The van der Waals surface area contributed by atoms with E-state index in [1.165, 1.54) is 116 Å². The van der Waals surface area contributed by atoms with Gasteiger partial charge in [-0.15, -0.1) is 0 Å². The van der Waals surface area contributed by atoms with Crippen molar-refractivity contribution in [1.29, 1.82) is 0 Å². The van der Waals surface area contributed by atoms with Crippen LogP contribution in [0.1, 0.15) is 168 Å². The summed E-state index contributed by atoms with van der Waals surface area (Å²) in [5.41, 5.74) is 0.434. The van der Waals surface area contributed by atoms with Crippen molar-refractivity contribution >= 4 is 37.7 Å². The molecule has 1 unspecified atom stereocenters. The zero-order chi connectivity index (χ0) is 26.3. The van der Waals surface area contributed by atoms with Crippen LogP contribution in [0.3, 0.4) is 0 Å². The molecule has 1 atom stereocenters. The molecule has 0 bridgehead atoms. The van der Waals surface area contributed by atoms with Gasteiger partial charge in [0.1, 0.15) is 0 Å². The molecular weight excluding hydrogens is 547 g/mol. The normalized spacial score (nSPS) is 16.8. The summed E-state index contributed by atoms with van der Waals surface area (Å²) in [6, 6.07) is 0. The second-order valence-corrected chi connectivity index (χ2v) is 15.6. The van der Waals surface area contributed by atoms with Crippen molar-refractivity contribution in [2.24, 2.45) is 0 Å². The van der Waals surface area contributed by atoms with Crippen LogP contribution in [0.15, 0.2) is 11.6 Å². The molecule has 3 nitrogen and oxygen atoms in total. The minimum absolute atomic E-state index is 0.0146. The Hall–Kier alpha value is -0.220. The first-order valence-corrected chi connectivity index (χ1v) is 19.3. The molecule has 0 aromatic rings. The van der Waals surface area contributed by atoms with Crippen LogP contribution in [0.2, 0.25) is 0 Å². The van der Waals surface area contributed by atoms with Gasteiger partial charge in [0, 0.05) is 0 Å². The number of allylic oxidation sites excluding steroid dienone is 1. The number of hydrogen-bond donors (Lipinski definition) is 1. The minimum atomic E-state index is -1.63. The van der Waals surface area contributed by atoms with Crippen LogP contribution in [0.25, 0.3) is 0 Å². The Labute approximate surface area is 234 Å². The van der Waals surface area contributed by atoms with Gasteiger partial charge in [-0.25, -0.2) is 0 Å². The molecule has 0 saturated heterocycles. The van der Waals surface area contributed by atoms with Crippen LogP contribution in [-0.4, -0.2) is 46.2 Å². The van der Waals surface area contributed by atoms with Gasteiger partial charge in [0.05, 0.1) is 0 Å². The van der Waals surface area contributed by atoms with Crippen LogP contribution in [0.4, 0.5) is 0 Å². The van der Waals surface area contributed by atoms with Crippen LogP contribution < -0.4 is 0 Å². The molecule has 206 valence electrons. The van der Waals surface area contributed by atoms with E-state index in [1.807, 2.05) is 3.76 Å². The van der Waals surface area contributed by atoms with Crippen LogP contribution in [0, 0.1) is 0 Å². The maximum atomic E-state index is 12.9. The van der Waals surface area contributed by atoms with E-state index in [9.17, 15) is 14.7 Å². The Morgan fingerprint density at radius 1 is 0.611 bits per heavy atom. The van der Waals surface area contributed by atoms with Crippen molar-refractivity contribution in [3.05, 3.63) is 11.6 Å². The van der Waals surface area contributed by atoms with Gasteiger partial charge in [-0.1, -0.05) is 46.0 Å². The van der Waals surface area contributed by atoms with E-state index in [4.69, 9.17) is 0 Å². The molecule has 0 spiro atoms. The first kappa shape index (κ1) is 33.8. The van der Waals surface area contributed by atoms with Crippen LogP contribution in [-0.2, 0) is 9.59 Å². The SMILES string of the molecule is CCCCCCCCCCCCCC(=O)C1=C[CH]=[In][C]1(O)C(=O)CCCCCCCCCCCCC. The summed E-state index contributed by atoms with van der Waals surface area (Å²) in [7, 11) is 0. The third-order valence-corrected chi connectivity index (χ3v) is 12.0. The first-order valence-electron chi connectivity index (χ1n) is 15.7. The van der Waals surface area contributed by atoms with Crippen molar-refractivity contribution < 1.29 is 14.7 Å². The fraction of sp³-hybridized carbons (Fsp3) is 0.844. The molecule has 0 fully saturated rings. The summed E-state index contributed by atoms with van der Waals surface area (Å²) in [5.74, 6) is -0.0623. The van der Waals surface area contributed by atoms with Crippen LogP contribution in [0.5, 0.6) is 0 Å². The average molecular weight is 605 g/mol. The van der Waals surface area contributed by atoms with Gasteiger partial charge < -0.3 is 0 Å². The molecule has 0 radical (unpaired) electrons. The third kappa shape index (κ3) is 15.3. The van der Waals surface area contributed by atoms with Crippen molar-refractivity contribution in [3.63, 3.8) is 0 Å². The van der Waals surface area contributed by atoms with Gasteiger partial charge in [0.25, 0.3) is 0 Å². The zero-order valence-electron chi connectivity index (χ0n) is 24.0. The van der Waals surface area contributed by atoms with Gasteiger partial charge in [0.2, 0.25) is 0 Å². The summed E-state index contributed by atoms with van der Waals surface area (Å²) >= 11 is -1.63. The average Bonchev–Trinajstić information content (AvgIpc) is 3.28. The van der Waals surface area contributed by atoms with Crippen molar-refractivity contribution in [2.75, 3.05) is 0 Å². The molecule has 4 heteroatoms. The minimum Gasteiger partial charge on any atom is -0.0654 e. The number of unbranched alkanes of at least 4 members (excludes halogenated alkanes) is 20. The molecule has 1 aliphatic rings. The summed E-state index contributed by atoms with van der Waals surface area (Å²) in [6.07, 6.45) is 30.3. The number of ketones is 2. The predicted octanol–water partition coefficient (Wildman–Crippen LogP) is 8.66. The number of carbonyl (C=O) groups excluding carboxylic acids is 2. The Morgan fingerprint density at radius 2 is 0.972 bits per heavy atom. The van der Waals surface area contributed by atoms with Crippen LogP contribution >= 0.6 is 0 Å². The number of hydrogen-bond acceptors (Lipinski definition) is 3. The Kier molecular flexibility index (Phi) is 21.4. The maximum absolute atomic E-state index is 12.9. The smallest absolute Gasteiger partial charge is 0.0654 e. The van der Waals surface area contributed by atoms with Crippen molar-refractivity contribution in [1.82, 2.24) is 0 Å². The second-order valence-electron chi connectivity index (χ2n) is 11.1. The van der Waals surface area contributed by atoms with Gasteiger partial charge >= 0.3 is 189 Å². The number of carbonyl (C=O) groups is 2. The molecule has 0 aromatic heterocycles. The fourth-order valence-electron chi connectivity index (χ4n) is 5.27. The summed E-state index contributed by atoms with van der Waals surface area (Å²) in [4.78, 5) is 25.7. The van der Waals surface area contributed by atoms with E-state index in [0.717, 1.165) is 25.7 Å². The molecule has 1 N–H and O–H groups in total. The number of aliphatic hydroxyl groups is 1. The molecule has 0 aromatic carbocycles. The quantitative estimate of drug-likeness (QED) is 0.101. The van der Waals surface area contributed by atoms with E-state index < -0.39 is 25.8 Å². The topological polar surface area (TPSA) is 54.4 Å². The Balaban J connectivity index is 2.12. The monoisotopic (exact) mass is 604 g/mol. The second kappa shape index (κ2) is 22.7. The molecule has 1 rings (SSSR count). The fourth-order valence-corrected chi connectivity index (χ4v) is 9.08. The van der Waals surface area contributed by atoms with E-state index >= 15 is 0 Å². The van der Waals surface area contributed by atoms with Gasteiger partial charge in [-0.2, -0.15) is 0 Å². The first-order chi connectivity index (χ1) is 17.6. The summed E-state index contributed by atoms with van der Waals surface area (Å²) in [6.45, 7) is 4.51. The standard InChI is InChI=1S/C32H57O3.In/c1-4-7-9-11-13-15-17-19-21-23-25-27-30(33)29(6-3)32(35)31(34)28-26-24-22-20-18-16-14-12-10-8-5-2;/h3,6,35H,4-5,7-28H2,1-2H3;. The van der Waals surface area contributed by atoms with Crippen molar-refractivity contribution in [2.45, 2.75) is 171 Å². The van der Waals surface area contributed by atoms with E-state index in [2.05, 4.69) is 13.8 Å². The zero-order valence-corrected chi connectivity index (χ0v) is 27.3. The van der Waals surface area contributed by atoms with Gasteiger partial charge in [-0.05, 0) is 0 Å². The molecule has 0 amide bonds. The predicted molar refractivity (Wildman–Crippen MR) is 157 cm³/mol. The number of Topliss-reactive ketones (excluding diaryl/α,β-unsaturated/α-hetero) is 2. The third-order valence-electron chi connectivity index (χ3n) is 7.75. The summed E-state index contributed by atoms with van der Waals surface area (Å²) in [5, 5.41) is 11.1. The molecular formula is C32H57InO3. The summed E-state index contributed by atoms with van der Waals surface area (Å²) < 4.78 is 0.616. The van der Waals surface area contributed by atoms with E-state index in [-0.39, 0.29) is 11.6 Å².